The molecule has 0 aliphatic rings. The first-order chi connectivity index (χ1) is 9.46. The van der Waals surface area contributed by atoms with E-state index < -0.39 is 0 Å². The molecule has 0 N–H and O–H groups in total. The maximum Gasteiger partial charge on any atom is 1.00 e. The zero-order chi connectivity index (χ0) is 15.3. The zero-order valence-corrected chi connectivity index (χ0v) is 15.8. The van der Waals surface area contributed by atoms with E-state index in [2.05, 4.69) is 29.8 Å². The molecule has 0 saturated carbocycles. The van der Waals surface area contributed by atoms with Crippen molar-refractivity contribution in [1.82, 2.24) is 0 Å². The predicted octanol–water partition coefficient (Wildman–Crippen LogP) is 1.22. The number of benzene rings is 1. The summed E-state index contributed by atoms with van der Waals surface area (Å²) in [5.74, 6) is 1.84. The van der Waals surface area contributed by atoms with Crippen molar-refractivity contribution in [1.29, 1.82) is 0 Å². The molecule has 0 aliphatic heterocycles. The van der Waals surface area contributed by atoms with Crippen LogP contribution < -0.4 is 33.1 Å². The molecule has 0 amide bonds. The van der Waals surface area contributed by atoms with Crippen LogP contribution in [-0.2, 0) is 0 Å². The number of rotatable bonds is 7. The van der Waals surface area contributed by atoms with Crippen molar-refractivity contribution in [3.8, 4) is 17.2 Å². The molecule has 0 heterocycles. The van der Waals surface area contributed by atoms with Crippen LogP contribution in [0.15, 0.2) is 10.5 Å². The summed E-state index contributed by atoms with van der Waals surface area (Å²) in [5.41, 5.74) is 0.385. The van der Waals surface area contributed by atoms with Crippen LogP contribution in [0.25, 0.3) is 0 Å². The van der Waals surface area contributed by atoms with Crippen molar-refractivity contribution in [3.05, 3.63) is 16.1 Å². The summed E-state index contributed by atoms with van der Waals surface area (Å²) in [5, 5.41) is 0. The third-order valence-electron chi connectivity index (χ3n) is 2.59. The molecule has 0 unspecified atom stereocenters. The molecule has 0 fully saturated rings. The van der Waals surface area contributed by atoms with E-state index in [0.29, 0.717) is 41.8 Å². The van der Waals surface area contributed by atoms with Crippen molar-refractivity contribution >= 4 is 30.0 Å². The molecule has 4 nitrogen and oxygen atoms in total. The normalized spacial score (nSPS) is 10.6. The maximum atomic E-state index is 12.5. The average Bonchev–Trinajstić information content (AvgIpc) is 2.43. The van der Waals surface area contributed by atoms with Crippen molar-refractivity contribution in [3.63, 3.8) is 0 Å². The number of ether oxygens (including phenoxy) is 3. The molecule has 7 heteroatoms. The number of hydrogen-bond acceptors (Lipinski definition) is 4. The van der Waals surface area contributed by atoms with Crippen LogP contribution in [-0.4, -0.2) is 33.0 Å². The van der Waals surface area contributed by atoms with Gasteiger partial charge in [0.25, 0.3) is 0 Å². The van der Waals surface area contributed by atoms with E-state index in [1.807, 2.05) is 0 Å². The number of carbonyl (C=O) groups excluding carboxylic acids is 1. The molecule has 1 rings (SSSR count). The topological polar surface area (TPSA) is 44.8 Å². The van der Waals surface area contributed by atoms with Gasteiger partial charge in [0.15, 0.2) is 11.5 Å². The summed E-state index contributed by atoms with van der Waals surface area (Å²) in [4.78, 5) is 12.5. The fourth-order valence-electron chi connectivity index (χ4n) is 1.68. The van der Waals surface area contributed by atoms with Gasteiger partial charge in [0.2, 0.25) is 0 Å². The molecule has 112 valence electrons. The molecular formula is C14H19BrLiO4P. The Kier molecular flexibility index (Phi) is 9.65. The minimum absolute atomic E-state index is 0. The van der Waals surface area contributed by atoms with Crippen LogP contribution in [0.4, 0.5) is 0 Å². The van der Waals surface area contributed by atoms with Gasteiger partial charge in [0.05, 0.1) is 31.4 Å². The number of methoxy groups -OCH3 is 3. The second-order valence-corrected chi connectivity index (χ2v) is 6.48. The third kappa shape index (κ3) is 5.18. The minimum atomic E-state index is -0.0352. The number of carbonyl (C=O) groups is 1. The van der Waals surface area contributed by atoms with E-state index >= 15 is 0 Å². The minimum Gasteiger partial charge on any atom is -0.495 e. The second kappa shape index (κ2) is 9.74. The van der Waals surface area contributed by atoms with Crippen LogP contribution in [0.2, 0.25) is 0 Å². The predicted molar refractivity (Wildman–Crippen MR) is 84.8 cm³/mol. The molecule has 21 heavy (non-hydrogen) atoms. The number of halogens is 1. The summed E-state index contributed by atoms with van der Waals surface area (Å²) >= 11 is 3.39. The van der Waals surface area contributed by atoms with Gasteiger partial charge >= 0.3 is 18.9 Å². The molecule has 0 saturated heterocycles. The monoisotopic (exact) mass is 368 g/mol. The standard InChI is InChI=1S/C14H19BrO4P.Li/c1-8(2)7-20-14(16)11-12(18-4)9(15)6-10(17-3)13(11)19-5;/h6,8H,7H2,1-5H3;/q-1;+1. The average molecular weight is 369 g/mol. The van der Waals surface area contributed by atoms with Crippen LogP contribution in [0, 0.1) is 5.92 Å². The SMILES string of the molecule is COc1cc(Br)c(OC)c(C(=O)[P-]CC(C)C)c1OC.[Li+]. The van der Waals surface area contributed by atoms with Gasteiger partial charge < -0.3 is 27.6 Å². The Balaban J connectivity index is 0.00000400. The molecule has 0 radical (unpaired) electrons. The first kappa shape index (κ1) is 20.8. The summed E-state index contributed by atoms with van der Waals surface area (Å²) < 4.78 is 16.6. The van der Waals surface area contributed by atoms with Crippen LogP contribution in [0.3, 0.4) is 0 Å². The van der Waals surface area contributed by atoms with Gasteiger partial charge in [0, 0.05) is 11.6 Å². The summed E-state index contributed by atoms with van der Waals surface area (Å²) in [6, 6.07) is 1.73. The van der Waals surface area contributed by atoms with Gasteiger partial charge in [-0.15, -0.1) is 0 Å². The summed E-state index contributed by atoms with van der Waals surface area (Å²) in [7, 11) is 5.30. The first-order valence-electron chi connectivity index (χ1n) is 6.16. The molecule has 0 atom stereocenters. The molecule has 1 aromatic rings. The van der Waals surface area contributed by atoms with Gasteiger partial charge in [0.1, 0.15) is 5.75 Å². The third-order valence-corrected chi connectivity index (χ3v) is 4.61. The smallest absolute Gasteiger partial charge is 0.495 e. The van der Waals surface area contributed by atoms with Crippen LogP contribution >= 0.6 is 24.5 Å². The van der Waals surface area contributed by atoms with Gasteiger partial charge in [-0.2, -0.15) is 6.16 Å². The fraction of sp³-hybridized carbons (Fsp3) is 0.500. The maximum absolute atomic E-state index is 12.5. The molecule has 0 bridgehead atoms. The summed E-state index contributed by atoms with van der Waals surface area (Å²) in [6.07, 6.45) is 0.792. The molecule has 1 aromatic carbocycles. The summed E-state index contributed by atoms with van der Waals surface area (Å²) in [6.45, 7) is 4.16. The van der Waals surface area contributed by atoms with Gasteiger partial charge in [-0.05, 0) is 15.9 Å². The Labute approximate surface area is 148 Å². The fourth-order valence-corrected chi connectivity index (χ4v) is 3.14. The van der Waals surface area contributed by atoms with E-state index in [-0.39, 0.29) is 24.4 Å². The van der Waals surface area contributed by atoms with Crippen molar-refractivity contribution in [2.24, 2.45) is 5.92 Å². The van der Waals surface area contributed by atoms with Crippen LogP contribution in [0.5, 0.6) is 17.2 Å². The molecule has 0 aliphatic carbocycles. The van der Waals surface area contributed by atoms with E-state index in [0.717, 1.165) is 6.16 Å². The Hall–Kier alpha value is -0.203. The quantitative estimate of drug-likeness (QED) is 0.536. The van der Waals surface area contributed by atoms with Gasteiger partial charge in [-0.3, -0.25) is 0 Å². The van der Waals surface area contributed by atoms with E-state index in [1.54, 1.807) is 6.07 Å². The van der Waals surface area contributed by atoms with Crippen LogP contribution in [0.1, 0.15) is 24.2 Å². The van der Waals surface area contributed by atoms with Gasteiger partial charge in [-0.1, -0.05) is 19.8 Å². The van der Waals surface area contributed by atoms with Crippen molar-refractivity contribution in [2.75, 3.05) is 27.5 Å². The van der Waals surface area contributed by atoms with Crippen molar-refractivity contribution in [2.45, 2.75) is 13.8 Å². The Morgan fingerprint density at radius 1 is 1.19 bits per heavy atom. The molecule has 0 spiro atoms. The molecular weight excluding hydrogens is 350 g/mol. The molecule has 0 aromatic heterocycles. The van der Waals surface area contributed by atoms with Gasteiger partial charge in [-0.25, -0.2) is 0 Å². The first-order valence-corrected chi connectivity index (χ1v) is 8.03. The Morgan fingerprint density at radius 3 is 2.19 bits per heavy atom. The zero-order valence-electron chi connectivity index (χ0n) is 13.3. The second-order valence-electron chi connectivity index (χ2n) is 4.54. The Bertz CT molecular complexity index is 494. The number of hydrogen-bond donors (Lipinski definition) is 0. The van der Waals surface area contributed by atoms with Crippen molar-refractivity contribution < 1.29 is 37.9 Å². The van der Waals surface area contributed by atoms with E-state index in [4.69, 9.17) is 14.2 Å². The Morgan fingerprint density at radius 2 is 1.76 bits per heavy atom. The van der Waals surface area contributed by atoms with E-state index in [1.165, 1.54) is 21.3 Å². The largest absolute Gasteiger partial charge is 1.00 e. The van der Waals surface area contributed by atoms with E-state index in [9.17, 15) is 4.79 Å².